The van der Waals surface area contributed by atoms with Crippen molar-refractivity contribution >= 4 is 12.0 Å². The molecule has 0 aromatic rings. The molecule has 2 amide bonds. The molecule has 3 N–H and O–H groups in total. The number of hydrogen-bond acceptors (Lipinski definition) is 3. The van der Waals surface area contributed by atoms with Gasteiger partial charge in [-0.2, -0.15) is 0 Å². The molecule has 1 aliphatic rings. The Morgan fingerprint density at radius 1 is 1.44 bits per heavy atom. The zero-order valence-electron chi connectivity index (χ0n) is 8.78. The summed E-state index contributed by atoms with van der Waals surface area (Å²) in [5.41, 5.74) is -1.24. The van der Waals surface area contributed by atoms with Crippen LogP contribution in [-0.2, 0) is 9.53 Å². The van der Waals surface area contributed by atoms with Crippen LogP contribution in [0.15, 0.2) is 0 Å². The highest BCUT2D eigenvalue weighted by atomic mass is 16.5. The molecule has 1 heterocycles. The molecule has 88 valence electrons. The first-order valence-electron chi connectivity index (χ1n) is 4.91. The van der Waals surface area contributed by atoms with Gasteiger partial charge in [0.15, 0.2) is 0 Å². The third-order valence-electron chi connectivity index (χ3n) is 2.46. The number of amides is 2. The number of nitrogens with one attached hydrogen (secondary N) is 2. The lowest BCUT2D eigenvalue weighted by atomic mass is 9.90. The van der Waals surface area contributed by atoms with E-state index in [0.717, 1.165) is 0 Å². The fraction of sp³-hybridized carbons (Fsp3) is 0.600. The largest absolute Gasteiger partial charge is 0.480 e. The molecule has 1 aliphatic heterocycles. The minimum Gasteiger partial charge on any atom is -0.480 e. The average molecular weight is 226 g/mol. The van der Waals surface area contributed by atoms with Crippen molar-refractivity contribution in [2.24, 2.45) is 0 Å². The van der Waals surface area contributed by atoms with Crippen LogP contribution in [0.2, 0.25) is 0 Å². The smallest absolute Gasteiger partial charge is 0.329 e. The first-order chi connectivity index (χ1) is 7.60. The summed E-state index contributed by atoms with van der Waals surface area (Å²) in [4.78, 5) is 22.5. The molecule has 6 nitrogen and oxygen atoms in total. The zero-order valence-corrected chi connectivity index (χ0v) is 8.78. The number of carbonyl (C=O) groups is 2. The number of terminal acetylenes is 1. The van der Waals surface area contributed by atoms with Gasteiger partial charge in [-0.3, -0.25) is 0 Å². The van der Waals surface area contributed by atoms with Gasteiger partial charge in [0.05, 0.1) is 6.54 Å². The maximum Gasteiger partial charge on any atom is 0.329 e. The monoisotopic (exact) mass is 226 g/mol. The van der Waals surface area contributed by atoms with Crippen LogP contribution in [0.4, 0.5) is 4.79 Å². The van der Waals surface area contributed by atoms with E-state index in [4.69, 9.17) is 16.3 Å². The van der Waals surface area contributed by atoms with Crippen LogP contribution >= 0.6 is 0 Å². The van der Waals surface area contributed by atoms with E-state index < -0.39 is 17.5 Å². The number of hydrogen-bond donors (Lipinski definition) is 3. The fourth-order valence-corrected chi connectivity index (χ4v) is 1.51. The molecular weight excluding hydrogens is 212 g/mol. The lowest BCUT2D eigenvalue weighted by Gasteiger charge is -2.33. The molecule has 1 fully saturated rings. The molecule has 0 unspecified atom stereocenters. The molecule has 16 heavy (non-hydrogen) atoms. The Bertz CT molecular complexity index is 315. The van der Waals surface area contributed by atoms with E-state index in [0.29, 0.717) is 13.2 Å². The van der Waals surface area contributed by atoms with Crippen LogP contribution in [0.1, 0.15) is 12.8 Å². The van der Waals surface area contributed by atoms with Gasteiger partial charge in [-0.15, -0.1) is 6.42 Å². The number of rotatable bonds is 3. The molecule has 0 bridgehead atoms. The second-order valence-electron chi connectivity index (χ2n) is 3.51. The molecule has 0 aliphatic carbocycles. The highest BCUT2D eigenvalue weighted by Gasteiger charge is 2.41. The van der Waals surface area contributed by atoms with Crippen LogP contribution in [0.5, 0.6) is 0 Å². The van der Waals surface area contributed by atoms with Crippen molar-refractivity contribution in [2.75, 3.05) is 19.8 Å². The van der Waals surface area contributed by atoms with Crippen molar-refractivity contribution < 1.29 is 19.4 Å². The standard InChI is InChI=1S/C10H14N2O4/c1-2-5-11-9(15)12-10(8(13)14)3-6-16-7-4-10/h1H,3-7H2,(H,13,14)(H2,11,12,15). The zero-order chi connectivity index (χ0) is 12.0. The Morgan fingerprint density at radius 2 is 2.06 bits per heavy atom. The minimum atomic E-state index is -1.24. The first-order valence-corrected chi connectivity index (χ1v) is 4.91. The topological polar surface area (TPSA) is 87.7 Å². The van der Waals surface area contributed by atoms with Crippen molar-refractivity contribution in [2.45, 2.75) is 18.4 Å². The van der Waals surface area contributed by atoms with Gasteiger partial charge >= 0.3 is 12.0 Å². The van der Waals surface area contributed by atoms with E-state index in [1.807, 2.05) is 0 Å². The highest BCUT2D eigenvalue weighted by Crippen LogP contribution is 2.20. The van der Waals surface area contributed by atoms with Gasteiger partial charge in [0.25, 0.3) is 0 Å². The summed E-state index contributed by atoms with van der Waals surface area (Å²) < 4.78 is 5.07. The maximum atomic E-state index is 11.4. The highest BCUT2D eigenvalue weighted by molar-refractivity contribution is 5.86. The van der Waals surface area contributed by atoms with Crippen LogP contribution in [-0.4, -0.2) is 42.4 Å². The number of urea groups is 1. The molecule has 0 aromatic carbocycles. The molecule has 0 saturated carbocycles. The van der Waals surface area contributed by atoms with Crippen molar-refractivity contribution in [3.05, 3.63) is 0 Å². The molecule has 1 rings (SSSR count). The molecule has 0 aromatic heterocycles. The van der Waals surface area contributed by atoms with Crippen LogP contribution in [0.25, 0.3) is 0 Å². The van der Waals surface area contributed by atoms with Gasteiger partial charge in [-0.25, -0.2) is 9.59 Å². The molecule has 0 spiro atoms. The second-order valence-corrected chi connectivity index (χ2v) is 3.51. The number of ether oxygens (including phenoxy) is 1. The molecule has 0 radical (unpaired) electrons. The Morgan fingerprint density at radius 3 is 2.56 bits per heavy atom. The van der Waals surface area contributed by atoms with Crippen molar-refractivity contribution in [3.8, 4) is 12.3 Å². The Kier molecular flexibility index (Phi) is 4.14. The fourth-order valence-electron chi connectivity index (χ4n) is 1.51. The maximum absolute atomic E-state index is 11.4. The van der Waals surface area contributed by atoms with Crippen molar-refractivity contribution in [3.63, 3.8) is 0 Å². The lowest BCUT2D eigenvalue weighted by Crippen LogP contribution is -2.59. The van der Waals surface area contributed by atoms with E-state index in [1.54, 1.807) is 0 Å². The second kappa shape index (κ2) is 5.37. The summed E-state index contributed by atoms with van der Waals surface area (Å²) in [5, 5.41) is 13.9. The Balaban J connectivity index is 2.61. The normalized spacial score (nSPS) is 18.2. The van der Waals surface area contributed by atoms with Crippen LogP contribution in [0, 0.1) is 12.3 Å². The minimum absolute atomic E-state index is 0.0675. The van der Waals surface area contributed by atoms with Gasteiger partial charge in [0.1, 0.15) is 5.54 Å². The summed E-state index contributed by atoms with van der Waals surface area (Å²) in [6.07, 6.45) is 5.49. The van der Waals surface area contributed by atoms with Gasteiger partial charge in [-0.05, 0) is 0 Å². The summed E-state index contributed by atoms with van der Waals surface area (Å²) in [7, 11) is 0. The molecular formula is C10H14N2O4. The number of carboxylic acid groups (broad SMARTS) is 1. The first kappa shape index (κ1) is 12.3. The van der Waals surface area contributed by atoms with E-state index in [2.05, 4.69) is 16.6 Å². The van der Waals surface area contributed by atoms with Crippen LogP contribution < -0.4 is 10.6 Å². The quantitative estimate of drug-likeness (QED) is 0.569. The third kappa shape index (κ3) is 2.87. The van der Waals surface area contributed by atoms with E-state index in [1.165, 1.54) is 0 Å². The summed E-state index contributed by atoms with van der Waals surface area (Å²) >= 11 is 0. The van der Waals surface area contributed by atoms with Gasteiger partial charge in [0, 0.05) is 26.1 Å². The Labute approximate surface area is 93.3 Å². The predicted octanol–water partition coefficient (Wildman–Crippen LogP) is -0.447. The van der Waals surface area contributed by atoms with E-state index in [9.17, 15) is 9.59 Å². The predicted molar refractivity (Wildman–Crippen MR) is 55.8 cm³/mol. The number of carbonyl (C=O) groups excluding carboxylic acids is 1. The third-order valence-corrected chi connectivity index (χ3v) is 2.46. The molecule has 1 saturated heterocycles. The van der Waals surface area contributed by atoms with Gasteiger partial charge < -0.3 is 20.5 Å². The SMILES string of the molecule is C#CCNC(=O)NC1(C(=O)O)CCOCC1. The molecule has 0 atom stereocenters. The van der Waals surface area contributed by atoms with Gasteiger partial charge in [-0.1, -0.05) is 5.92 Å². The number of carboxylic acids is 1. The summed E-state index contributed by atoms with van der Waals surface area (Å²) in [5.74, 6) is 1.18. The number of aliphatic carboxylic acids is 1. The van der Waals surface area contributed by atoms with E-state index >= 15 is 0 Å². The Hall–Kier alpha value is -1.74. The summed E-state index contributed by atoms with van der Waals surface area (Å²) in [6.45, 7) is 0.710. The van der Waals surface area contributed by atoms with Crippen molar-refractivity contribution in [1.29, 1.82) is 0 Å². The van der Waals surface area contributed by atoms with Gasteiger partial charge in [0.2, 0.25) is 0 Å². The van der Waals surface area contributed by atoms with Crippen molar-refractivity contribution in [1.82, 2.24) is 10.6 Å². The summed E-state index contributed by atoms with van der Waals surface area (Å²) in [6, 6.07) is -0.567. The molecule has 6 heteroatoms. The average Bonchev–Trinajstić information content (AvgIpc) is 2.27. The lowest BCUT2D eigenvalue weighted by molar-refractivity contribution is -0.148. The van der Waals surface area contributed by atoms with Crippen LogP contribution in [0.3, 0.4) is 0 Å². The van der Waals surface area contributed by atoms with E-state index in [-0.39, 0.29) is 19.4 Å².